The Morgan fingerprint density at radius 3 is 1.61 bits per heavy atom. The molecule has 1 aliphatic carbocycles. The third-order valence-corrected chi connectivity index (χ3v) is 15.1. The van der Waals surface area contributed by atoms with Crippen molar-refractivity contribution in [3.63, 3.8) is 0 Å². The second-order valence-corrected chi connectivity index (χ2v) is 19.1. The van der Waals surface area contributed by atoms with Crippen LogP contribution in [0.25, 0.3) is 110 Å². The maximum Gasteiger partial charge on any atom is 0.0625 e. The first-order valence-corrected chi connectivity index (χ1v) is 25.1. The van der Waals surface area contributed by atoms with Gasteiger partial charge in [0.2, 0.25) is 0 Å². The van der Waals surface area contributed by atoms with E-state index in [2.05, 4.69) is 282 Å². The van der Waals surface area contributed by atoms with E-state index in [-0.39, 0.29) is 6.04 Å². The Labute approximate surface area is 419 Å². The minimum absolute atomic E-state index is 0.0344. The standard InChI is InChI=1S/C70H48N2/c1-2-21-55(22-3-1)72-68-31-13-12-29-65(68)69-67(46-54-18-6-9-26-62(54)70(69)72)52-20-14-23-58(44-52)71(57-42-38-51(39-43-57)66-45-53-17-5-8-25-61(53)63-27-10-11-28-64(63)66)56-40-36-48(37-41-56)47-32-34-50(35-33-47)60-30-15-19-49-16-4-7-24-59(49)60/h1-22,24-46,58H,23H2. The summed E-state index contributed by atoms with van der Waals surface area (Å²) in [6, 6.07) is 93.7. The van der Waals surface area contributed by atoms with Gasteiger partial charge in [-0.3, -0.25) is 0 Å². The van der Waals surface area contributed by atoms with Crippen LogP contribution >= 0.6 is 0 Å². The van der Waals surface area contributed by atoms with Gasteiger partial charge in [-0.15, -0.1) is 0 Å². The summed E-state index contributed by atoms with van der Waals surface area (Å²) >= 11 is 0. The van der Waals surface area contributed by atoms with Gasteiger partial charge in [0.1, 0.15) is 0 Å². The molecule has 0 amide bonds. The van der Waals surface area contributed by atoms with E-state index in [0.29, 0.717) is 0 Å². The molecule has 0 saturated carbocycles. The van der Waals surface area contributed by atoms with Crippen LogP contribution in [0.2, 0.25) is 0 Å². The maximum atomic E-state index is 2.55. The predicted octanol–water partition coefficient (Wildman–Crippen LogP) is 18.9. The van der Waals surface area contributed by atoms with Crippen molar-refractivity contribution in [3.8, 4) is 39.1 Å². The number of hydrogen-bond acceptors (Lipinski definition) is 1. The Hall–Kier alpha value is -9.24. The number of nitrogens with zero attached hydrogens (tertiary/aromatic N) is 2. The smallest absolute Gasteiger partial charge is 0.0625 e. The zero-order valence-corrected chi connectivity index (χ0v) is 39.7. The van der Waals surface area contributed by atoms with Crippen molar-refractivity contribution >= 4 is 81.8 Å². The topological polar surface area (TPSA) is 8.17 Å². The lowest BCUT2D eigenvalue weighted by Crippen LogP contribution is -2.30. The van der Waals surface area contributed by atoms with Gasteiger partial charge >= 0.3 is 0 Å². The van der Waals surface area contributed by atoms with Crippen LogP contribution in [0.5, 0.6) is 0 Å². The molecule has 0 N–H and O–H groups in total. The normalized spacial score (nSPS) is 13.7. The van der Waals surface area contributed by atoms with E-state index >= 15 is 0 Å². The number of aromatic nitrogens is 1. The van der Waals surface area contributed by atoms with E-state index in [0.717, 1.165) is 23.5 Å². The van der Waals surface area contributed by atoms with Gasteiger partial charge in [0, 0.05) is 33.2 Å². The summed E-state index contributed by atoms with van der Waals surface area (Å²) < 4.78 is 2.46. The highest BCUT2D eigenvalue weighted by Crippen LogP contribution is 2.44. The van der Waals surface area contributed by atoms with Crippen molar-refractivity contribution in [2.24, 2.45) is 0 Å². The SMILES string of the molecule is C1=CC(c2cc3ccccc3c3c2c2ccccc2n3-c2ccccc2)=CC(N(c2ccc(-c3ccc(-c4cccc5ccccc45)cc3)cc2)c2ccc(-c3cc4ccccc4c4ccccc34)cc2)C1. The lowest BCUT2D eigenvalue weighted by atomic mass is 9.90. The molecule has 338 valence electrons. The molecule has 12 aromatic carbocycles. The summed E-state index contributed by atoms with van der Waals surface area (Å²) in [5.74, 6) is 0. The second kappa shape index (κ2) is 17.3. The van der Waals surface area contributed by atoms with Crippen molar-refractivity contribution in [2.45, 2.75) is 12.5 Å². The minimum Gasteiger partial charge on any atom is -0.334 e. The zero-order chi connectivity index (χ0) is 47.5. The molecule has 2 heteroatoms. The molecule has 1 heterocycles. The van der Waals surface area contributed by atoms with Gasteiger partial charge in [-0.2, -0.15) is 0 Å². The molecule has 1 unspecified atom stereocenters. The summed E-state index contributed by atoms with van der Waals surface area (Å²) in [5.41, 5.74) is 15.7. The number of rotatable bonds is 8. The van der Waals surface area contributed by atoms with Crippen LogP contribution in [0.15, 0.2) is 273 Å². The average Bonchev–Trinajstić information content (AvgIpc) is 3.81. The Balaban J connectivity index is 0.897. The molecule has 14 rings (SSSR count). The predicted molar refractivity (Wildman–Crippen MR) is 308 cm³/mol. The van der Waals surface area contributed by atoms with Crippen molar-refractivity contribution in [1.29, 1.82) is 0 Å². The zero-order valence-electron chi connectivity index (χ0n) is 39.7. The summed E-state index contributed by atoms with van der Waals surface area (Å²) in [4.78, 5) is 2.55. The summed E-state index contributed by atoms with van der Waals surface area (Å²) in [7, 11) is 0. The van der Waals surface area contributed by atoms with Crippen LogP contribution in [0.1, 0.15) is 12.0 Å². The Morgan fingerprint density at radius 1 is 0.361 bits per heavy atom. The fraction of sp³-hybridized carbons (Fsp3) is 0.0286. The van der Waals surface area contributed by atoms with Gasteiger partial charge in [-0.1, -0.05) is 218 Å². The summed E-state index contributed by atoms with van der Waals surface area (Å²) in [6.07, 6.45) is 8.11. The highest BCUT2D eigenvalue weighted by Gasteiger charge is 2.25. The molecule has 1 aliphatic rings. The number of anilines is 2. The fourth-order valence-corrected chi connectivity index (χ4v) is 11.7. The van der Waals surface area contributed by atoms with E-state index in [4.69, 9.17) is 0 Å². The number of fused-ring (bicyclic) bond motifs is 9. The van der Waals surface area contributed by atoms with E-state index in [1.54, 1.807) is 0 Å². The average molecular weight is 917 g/mol. The van der Waals surface area contributed by atoms with Gasteiger partial charge in [0.05, 0.1) is 17.1 Å². The van der Waals surface area contributed by atoms with E-state index < -0.39 is 0 Å². The van der Waals surface area contributed by atoms with E-state index in [9.17, 15) is 0 Å². The monoisotopic (exact) mass is 916 g/mol. The number of allylic oxidation sites excluding steroid dienone is 2. The fourth-order valence-electron chi connectivity index (χ4n) is 11.7. The summed E-state index contributed by atoms with van der Waals surface area (Å²) in [6.45, 7) is 0. The van der Waals surface area contributed by atoms with Crippen LogP contribution < -0.4 is 4.90 Å². The van der Waals surface area contributed by atoms with Gasteiger partial charge < -0.3 is 9.47 Å². The number of para-hydroxylation sites is 2. The quantitative estimate of drug-likeness (QED) is 0.138. The first-order valence-electron chi connectivity index (χ1n) is 25.1. The van der Waals surface area contributed by atoms with Crippen molar-refractivity contribution in [1.82, 2.24) is 4.57 Å². The van der Waals surface area contributed by atoms with Gasteiger partial charge in [0.15, 0.2) is 0 Å². The highest BCUT2D eigenvalue weighted by atomic mass is 15.2. The molecular formula is C70H48N2. The van der Waals surface area contributed by atoms with Crippen molar-refractivity contribution < 1.29 is 0 Å². The minimum atomic E-state index is 0.0344. The van der Waals surface area contributed by atoms with Crippen molar-refractivity contribution in [2.75, 3.05) is 4.90 Å². The molecule has 1 atom stereocenters. The third kappa shape index (κ3) is 7.02. The van der Waals surface area contributed by atoms with Crippen molar-refractivity contribution in [3.05, 3.63) is 279 Å². The molecule has 0 bridgehead atoms. The molecule has 72 heavy (non-hydrogen) atoms. The number of hydrogen-bond donors (Lipinski definition) is 0. The van der Waals surface area contributed by atoms with Gasteiger partial charge in [-0.05, 0) is 143 Å². The second-order valence-electron chi connectivity index (χ2n) is 19.1. The lowest BCUT2D eigenvalue weighted by Gasteiger charge is -2.34. The highest BCUT2D eigenvalue weighted by molar-refractivity contribution is 6.23. The maximum absolute atomic E-state index is 2.55. The van der Waals surface area contributed by atoms with Gasteiger partial charge in [0.25, 0.3) is 0 Å². The molecule has 13 aromatic rings. The molecular weight excluding hydrogens is 869 g/mol. The molecule has 0 saturated heterocycles. The van der Waals surface area contributed by atoms with Crippen LogP contribution in [-0.2, 0) is 0 Å². The Bertz CT molecular complexity index is 4270. The van der Waals surface area contributed by atoms with Crippen LogP contribution in [-0.4, -0.2) is 10.6 Å². The first kappa shape index (κ1) is 41.7. The van der Waals surface area contributed by atoms with Crippen LogP contribution in [0.4, 0.5) is 11.4 Å². The summed E-state index contributed by atoms with van der Waals surface area (Å²) in [5, 5.41) is 12.6. The molecule has 1 aromatic heterocycles. The Morgan fingerprint density at radius 2 is 0.875 bits per heavy atom. The first-order chi connectivity index (χ1) is 35.7. The van der Waals surface area contributed by atoms with Gasteiger partial charge in [-0.25, -0.2) is 0 Å². The molecule has 0 aliphatic heterocycles. The number of benzene rings is 12. The largest absolute Gasteiger partial charge is 0.334 e. The molecule has 0 radical (unpaired) electrons. The molecule has 0 fully saturated rings. The van der Waals surface area contributed by atoms with Crippen LogP contribution in [0, 0.1) is 0 Å². The Kier molecular flexibility index (Phi) is 10.0. The third-order valence-electron chi connectivity index (χ3n) is 15.1. The molecule has 2 nitrogen and oxygen atoms in total. The lowest BCUT2D eigenvalue weighted by molar-refractivity contribution is 0.788. The van der Waals surface area contributed by atoms with E-state index in [1.807, 2.05) is 0 Å². The van der Waals surface area contributed by atoms with E-state index in [1.165, 1.54) is 109 Å². The molecule has 0 spiro atoms. The van der Waals surface area contributed by atoms with Crippen LogP contribution in [0.3, 0.4) is 0 Å².